The number of hydrogen-bond donors (Lipinski definition) is 1. The first-order valence-electron chi connectivity index (χ1n) is 13.0. The van der Waals surface area contributed by atoms with Crippen LogP contribution < -0.4 is 9.80 Å². The molecule has 0 radical (unpaired) electrons. The summed E-state index contributed by atoms with van der Waals surface area (Å²) in [4.78, 5) is 35.9. The van der Waals surface area contributed by atoms with Gasteiger partial charge in [-0.2, -0.15) is 4.98 Å². The molecular formula is C29H31F2N7O. The fourth-order valence-corrected chi connectivity index (χ4v) is 4.67. The lowest BCUT2D eigenvalue weighted by atomic mass is 10.1. The molecule has 2 aromatic carbocycles. The molecule has 8 nitrogen and oxygen atoms in total. The lowest BCUT2D eigenvalue weighted by Gasteiger charge is -2.35. The summed E-state index contributed by atoms with van der Waals surface area (Å²) in [5.74, 6) is 1.61. The molecule has 2 aromatic heterocycles. The van der Waals surface area contributed by atoms with Crippen LogP contribution in [0.5, 0.6) is 0 Å². The van der Waals surface area contributed by atoms with E-state index in [0.717, 1.165) is 22.6 Å². The molecule has 39 heavy (non-hydrogen) atoms. The molecule has 10 heteroatoms. The zero-order chi connectivity index (χ0) is 27.4. The van der Waals surface area contributed by atoms with Gasteiger partial charge in [-0.15, -0.1) is 0 Å². The van der Waals surface area contributed by atoms with Gasteiger partial charge >= 0.3 is 0 Å². The van der Waals surface area contributed by atoms with Crippen LogP contribution in [-0.4, -0.2) is 71.0 Å². The quantitative estimate of drug-likeness (QED) is 0.359. The number of halogens is 2. The Morgan fingerprint density at radius 3 is 2.18 bits per heavy atom. The molecule has 202 valence electrons. The first-order valence-corrected chi connectivity index (χ1v) is 13.0. The highest BCUT2D eigenvalue weighted by Gasteiger charge is 2.22. The van der Waals surface area contributed by atoms with E-state index >= 15 is 0 Å². The molecule has 0 unspecified atom stereocenters. The van der Waals surface area contributed by atoms with Crippen LogP contribution in [0.4, 0.5) is 20.5 Å². The minimum atomic E-state index is -0.321. The average molecular weight is 532 g/mol. The van der Waals surface area contributed by atoms with Crippen LogP contribution >= 0.6 is 0 Å². The van der Waals surface area contributed by atoms with E-state index in [9.17, 15) is 13.6 Å². The highest BCUT2D eigenvalue weighted by molar-refractivity contribution is 5.76. The number of nitrogens with one attached hydrogen (secondary N) is 1. The van der Waals surface area contributed by atoms with Gasteiger partial charge in [-0.25, -0.2) is 18.7 Å². The van der Waals surface area contributed by atoms with Crippen LogP contribution in [0.3, 0.4) is 0 Å². The molecule has 1 N–H and O–H groups in total. The first-order chi connectivity index (χ1) is 18.9. The maximum Gasteiger partial charge on any atom is 0.226 e. The number of amides is 1. The number of aryl methyl sites for hydroxylation is 1. The summed E-state index contributed by atoms with van der Waals surface area (Å²) >= 11 is 0. The second-order valence-corrected chi connectivity index (χ2v) is 9.76. The van der Waals surface area contributed by atoms with Crippen LogP contribution in [0.1, 0.15) is 18.5 Å². The summed E-state index contributed by atoms with van der Waals surface area (Å²) in [6, 6.07) is 14.2. The van der Waals surface area contributed by atoms with Crippen LogP contribution in [0.25, 0.3) is 22.6 Å². The van der Waals surface area contributed by atoms with E-state index in [0.29, 0.717) is 62.9 Å². The Morgan fingerprint density at radius 1 is 0.897 bits per heavy atom. The number of anilines is 2. The SMILES string of the molecule is CN(C)c1nccc(N2CCN(C(=O)CCCc3[nH]c(-c4ccc(F)cc4)nc3-c3ccc(F)cc3)CC2)n1. The van der Waals surface area contributed by atoms with E-state index < -0.39 is 0 Å². The van der Waals surface area contributed by atoms with E-state index in [4.69, 9.17) is 4.98 Å². The minimum Gasteiger partial charge on any atom is -0.353 e. The summed E-state index contributed by atoms with van der Waals surface area (Å²) in [5.41, 5.74) is 3.10. The number of aromatic amines is 1. The Bertz CT molecular complexity index is 1410. The van der Waals surface area contributed by atoms with Gasteiger partial charge in [-0.05, 0) is 67.4 Å². The van der Waals surface area contributed by atoms with E-state index in [-0.39, 0.29) is 17.5 Å². The standard InChI is InChI=1S/C29H31F2N7O/c1-36(2)29-32-15-14-25(34-29)37-16-18-38(19-17-37)26(39)5-3-4-24-27(20-6-10-22(30)11-7-20)35-28(33-24)21-8-12-23(31)13-9-21/h6-15H,3-5,16-19H2,1-2H3,(H,33,35). The maximum atomic E-state index is 13.5. The highest BCUT2D eigenvalue weighted by atomic mass is 19.1. The van der Waals surface area contributed by atoms with Crippen molar-refractivity contribution in [3.63, 3.8) is 0 Å². The average Bonchev–Trinajstić information content (AvgIpc) is 3.38. The van der Waals surface area contributed by atoms with Gasteiger partial charge in [0.1, 0.15) is 23.3 Å². The second-order valence-electron chi connectivity index (χ2n) is 9.76. The molecule has 1 amide bonds. The summed E-state index contributed by atoms with van der Waals surface area (Å²) in [6.45, 7) is 2.71. The molecule has 0 saturated carbocycles. The molecule has 0 bridgehead atoms. The predicted octanol–water partition coefficient (Wildman–Crippen LogP) is 4.55. The largest absolute Gasteiger partial charge is 0.353 e. The Labute approximate surface area is 226 Å². The fraction of sp³-hybridized carbons (Fsp3) is 0.310. The Morgan fingerprint density at radius 2 is 1.54 bits per heavy atom. The van der Waals surface area contributed by atoms with Gasteiger partial charge in [0, 0.05) is 69.7 Å². The summed E-state index contributed by atoms with van der Waals surface area (Å²) in [7, 11) is 3.82. The number of imidazole rings is 1. The first kappa shape index (κ1) is 26.3. The van der Waals surface area contributed by atoms with E-state index in [1.165, 1.54) is 24.3 Å². The highest BCUT2D eigenvalue weighted by Crippen LogP contribution is 2.28. The van der Waals surface area contributed by atoms with Crippen molar-refractivity contribution < 1.29 is 13.6 Å². The van der Waals surface area contributed by atoms with Crippen molar-refractivity contribution in [1.82, 2.24) is 24.8 Å². The minimum absolute atomic E-state index is 0.118. The maximum absolute atomic E-state index is 13.5. The molecular weight excluding hydrogens is 500 g/mol. The van der Waals surface area contributed by atoms with Crippen LogP contribution in [0.15, 0.2) is 60.8 Å². The van der Waals surface area contributed by atoms with E-state index in [1.54, 1.807) is 30.5 Å². The van der Waals surface area contributed by atoms with Crippen LogP contribution in [0.2, 0.25) is 0 Å². The summed E-state index contributed by atoms with van der Waals surface area (Å²) in [6.07, 6.45) is 3.40. The molecule has 1 fully saturated rings. The topological polar surface area (TPSA) is 81.3 Å². The Balaban J connectivity index is 1.21. The molecule has 3 heterocycles. The van der Waals surface area contributed by atoms with Crippen LogP contribution in [-0.2, 0) is 11.2 Å². The van der Waals surface area contributed by atoms with Gasteiger partial charge in [0.2, 0.25) is 11.9 Å². The monoisotopic (exact) mass is 531 g/mol. The lowest BCUT2D eigenvalue weighted by Crippen LogP contribution is -2.49. The van der Waals surface area contributed by atoms with Crippen LogP contribution in [0, 0.1) is 11.6 Å². The number of hydrogen-bond acceptors (Lipinski definition) is 6. The van der Waals surface area contributed by atoms with Gasteiger partial charge in [-0.1, -0.05) is 0 Å². The lowest BCUT2D eigenvalue weighted by molar-refractivity contribution is -0.131. The number of benzene rings is 2. The number of carbonyl (C=O) groups excluding carboxylic acids is 1. The molecule has 1 aliphatic heterocycles. The predicted molar refractivity (Wildman–Crippen MR) is 147 cm³/mol. The Kier molecular flexibility index (Phi) is 7.81. The van der Waals surface area contributed by atoms with Crippen molar-refractivity contribution in [3.8, 4) is 22.6 Å². The van der Waals surface area contributed by atoms with Gasteiger partial charge in [-0.3, -0.25) is 4.79 Å². The van der Waals surface area contributed by atoms with Crippen molar-refractivity contribution in [2.75, 3.05) is 50.1 Å². The van der Waals surface area contributed by atoms with Gasteiger partial charge in [0.05, 0.1) is 5.69 Å². The molecule has 4 aromatic rings. The molecule has 0 spiro atoms. The zero-order valence-corrected chi connectivity index (χ0v) is 22.1. The van der Waals surface area contributed by atoms with Gasteiger partial charge in [0.25, 0.3) is 0 Å². The normalized spacial score (nSPS) is 13.5. The van der Waals surface area contributed by atoms with E-state index in [1.807, 2.05) is 30.0 Å². The number of aromatic nitrogens is 4. The number of nitrogens with zero attached hydrogens (tertiary/aromatic N) is 6. The molecule has 1 saturated heterocycles. The van der Waals surface area contributed by atoms with Crippen molar-refractivity contribution in [2.24, 2.45) is 0 Å². The number of rotatable bonds is 8. The van der Waals surface area contributed by atoms with Gasteiger partial charge < -0.3 is 19.7 Å². The zero-order valence-electron chi connectivity index (χ0n) is 22.1. The smallest absolute Gasteiger partial charge is 0.226 e. The van der Waals surface area contributed by atoms with E-state index in [2.05, 4.69) is 19.9 Å². The third-order valence-electron chi connectivity index (χ3n) is 6.82. The van der Waals surface area contributed by atoms with Crippen molar-refractivity contribution >= 4 is 17.7 Å². The molecule has 1 aliphatic rings. The summed E-state index contributed by atoms with van der Waals surface area (Å²) < 4.78 is 27.0. The molecule has 0 atom stereocenters. The third kappa shape index (κ3) is 6.22. The third-order valence-corrected chi connectivity index (χ3v) is 6.82. The number of H-pyrrole nitrogens is 1. The second kappa shape index (κ2) is 11.6. The fourth-order valence-electron chi connectivity index (χ4n) is 4.67. The van der Waals surface area contributed by atoms with Crippen molar-refractivity contribution in [2.45, 2.75) is 19.3 Å². The van der Waals surface area contributed by atoms with Crippen molar-refractivity contribution in [1.29, 1.82) is 0 Å². The summed E-state index contributed by atoms with van der Waals surface area (Å²) in [5, 5.41) is 0. The molecule has 5 rings (SSSR count). The van der Waals surface area contributed by atoms with Gasteiger partial charge in [0.15, 0.2) is 0 Å². The Hall–Kier alpha value is -4.34. The molecule has 0 aliphatic carbocycles. The van der Waals surface area contributed by atoms with Crippen molar-refractivity contribution in [3.05, 3.63) is 78.1 Å². The number of carbonyl (C=O) groups is 1. The number of piperazine rings is 1.